The van der Waals surface area contributed by atoms with Crippen molar-refractivity contribution in [2.45, 2.75) is 6.61 Å². The van der Waals surface area contributed by atoms with E-state index >= 15 is 0 Å². The number of ether oxygens (including phenoxy) is 1. The van der Waals surface area contributed by atoms with E-state index < -0.39 is 0 Å². The highest BCUT2D eigenvalue weighted by molar-refractivity contribution is 5.62. The van der Waals surface area contributed by atoms with Crippen molar-refractivity contribution in [2.75, 3.05) is 0 Å². The van der Waals surface area contributed by atoms with Gasteiger partial charge in [0.05, 0.1) is 11.9 Å². The Kier molecular flexibility index (Phi) is 3.48. The average Bonchev–Trinajstić information content (AvgIpc) is 3.10. The van der Waals surface area contributed by atoms with Crippen LogP contribution < -0.4 is 4.74 Å². The van der Waals surface area contributed by atoms with Crippen molar-refractivity contribution >= 4 is 5.65 Å². The minimum atomic E-state index is 0.568. The maximum atomic E-state index is 5.82. The fourth-order valence-electron chi connectivity index (χ4n) is 2.52. The molecule has 2 aromatic heterocycles. The predicted molar refractivity (Wildman–Crippen MR) is 89.2 cm³/mol. The quantitative estimate of drug-likeness (QED) is 0.572. The highest BCUT2D eigenvalue weighted by Gasteiger charge is 2.05. The summed E-state index contributed by atoms with van der Waals surface area (Å²) in [5.74, 6) is 0.850. The fourth-order valence-corrected chi connectivity index (χ4v) is 2.52. The molecule has 4 rings (SSSR count). The van der Waals surface area contributed by atoms with Gasteiger partial charge in [-0.2, -0.15) is 5.10 Å². The Balaban J connectivity index is 1.55. The Morgan fingerprint density at radius 2 is 1.65 bits per heavy atom. The van der Waals surface area contributed by atoms with Crippen molar-refractivity contribution in [1.82, 2.24) is 14.6 Å². The SMILES string of the molecule is c1ccc(COc2ccc(-c3ccnc4ccnn34)cc2)cc1. The van der Waals surface area contributed by atoms with E-state index in [1.807, 2.05) is 59.1 Å². The number of benzene rings is 2. The van der Waals surface area contributed by atoms with Gasteiger partial charge in [-0.05, 0) is 35.9 Å². The lowest BCUT2D eigenvalue weighted by Gasteiger charge is -2.08. The van der Waals surface area contributed by atoms with Crippen LogP contribution in [0.4, 0.5) is 0 Å². The lowest BCUT2D eigenvalue weighted by molar-refractivity contribution is 0.306. The zero-order chi connectivity index (χ0) is 15.5. The van der Waals surface area contributed by atoms with Crippen molar-refractivity contribution in [3.8, 4) is 17.0 Å². The third-order valence-electron chi connectivity index (χ3n) is 3.69. The van der Waals surface area contributed by atoms with E-state index in [-0.39, 0.29) is 0 Å². The largest absolute Gasteiger partial charge is 0.489 e. The van der Waals surface area contributed by atoms with E-state index in [1.165, 1.54) is 0 Å². The number of hydrogen-bond donors (Lipinski definition) is 0. The molecule has 4 aromatic rings. The number of rotatable bonds is 4. The molecule has 4 heteroatoms. The Hall–Kier alpha value is -3.14. The van der Waals surface area contributed by atoms with Crippen LogP contribution in [0, 0.1) is 0 Å². The van der Waals surface area contributed by atoms with Crippen LogP contribution in [-0.4, -0.2) is 14.6 Å². The fraction of sp³-hybridized carbons (Fsp3) is 0.0526. The lowest BCUT2D eigenvalue weighted by Crippen LogP contribution is -1.96. The maximum Gasteiger partial charge on any atom is 0.155 e. The van der Waals surface area contributed by atoms with Crippen LogP contribution in [0.3, 0.4) is 0 Å². The molecular formula is C19H15N3O. The summed E-state index contributed by atoms with van der Waals surface area (Å²) in [5.41, 5.74) is 4.08. The molecule has 4 nitrogen and oxygen atoms in total. The summed E-state index contributed by atoms with van der Waals surface area (Å²) < 4.78 is 7.65. The highest BCUT2D eigenvalue weighted by atomic mass is 16.5. The summed E-state index contributed by atoms with van der Waals surface area (Å²) in [6.45, 7) is 0.568. The van der Waals surface area contributed by atoms with Crippen LogP contribution in [0.25, 0.3) is 16.9 Å². The molecule has 0 N–H and O–H groups in total. The second-order valence-electron chi connectivity index (χ2n) is 5.23. The molecule has 0 bridgehead atoms. The number of aromatic nitrogens is 3. The Labute approximate surface area is 134 Å². The van der Waals surface area contributed by atoms with Crippen LogP contribution in [0.15, 0.2) is 79.1 Å². The predicted octanol–water partition coefficient (Wildman–Crippen LogP) is 3.98. The van der Waals surface area contributed by atoms with E-state index in [4.69, 9.17) is 4.74 Å². The van der Waals surface area contributed by atoms with Crippen LogP contribution in [-0.2, 0) is 6.61 Å². The molecule has 0 radical (unpaired) electrons. The number of hydrogen-bond acceptors (Lipinski definition) is 3. The van der Waals surface area contributed by atoms with Gasteiger partial charge in [-0.1, -0.05) is 30.3 Å². The van der Waals surface area contributed by atoms with Gasteiger partial charge in [0.2, 0.25) is 0 Å². The smallest absolute Gasteiger partial charge is 0.155 e. The third-order valence-corrected chi connectivity index (χ3v) is 3.69. The first-order valence-electron chi connectivity index (χ1n) is 7.46. The Morgan fingerprint density at radius 3 is 2.48 bits per heavy atom. The van der Waals surface area contributed by atoms with Crippen molar-refractivity contribution in [3.05, 3.63) is 84.7 Å². The summed E-state index contributed by atoms with van der Waals surface area (Å²) in [5, 5.41) is 4.32. The molecule has 0 spiro atoms. The first-order chi connectivity index (χ1) is 11.4. The average molecular weight is 301 g/mol. The van der Waals surface area contributed by atoms with Gasteiger partial charge in [-0.25, -0.2) is 9.50 Å². The van der Waals surface area contributed by atoms with Gasteiger partial charge < -0.3 is 4.74 Å². The molecule has 0 saturated heterocycles. The van der Waals surface area contributed by atoms with Gasteiger partial charge in [-0.3, -0.25) is 0 Å². The molecule has 2 aromatic carbocycles. The topological polar surface area (TPSA) is 39.4 Å². The van der Waals surface area contributed by atoms with Gasteiger partial charge in [0.25, 0.3) is 0 Å². The van der Waals surface area contributed by atoms with Crippen LogP contribution in [0.1, 0.15) is 5.56 Å². The molecule has 2 heterocycles. The molecule has 0 unspecified atom stereocenters. The lowest BCUT2D eigenvalue weighted by atomic mass is 10.1. The molecule has 0 aliphatic carbocycles. The zero-order valence-electron chi connectivity index (χ0n) is 12.5. The number of fused-ring (bicyclic) bond motifs is 1. The van der Waals surface area contributed by atoms with Gasteiger partial charge in [0, 0.05) is 17.8 Å². The summed E-state index contributed by atoms with van der Waals surface area (Å²) in [6.07, 6.45) is 3.55. The zero-order valence-corrected chi connectivity index (χ0v) is 12.5. The minimum absolute atomic E-state index is 0.568. The first kappa shape index (κ1) is 13.5. The highest BCUT2D eigenvalue weighted by Crippen LogP contribution is 2.23. The van der Waals surface area contributed by atoms with Crippen LogP contribution in [0.5, 0.6) is 5.75 Å². The molecule has 0 aliphatic heterocycles. The van der Waals surface area contributed by atoms with E-state index in [2.05, 4.69) is 22.2 Å². The monoisotopic (exact) mass is 301 g/mol. The molecule has 0 atom stereocenters. The van der Waals surface area contributed by atoms with Crippen LogP contribution >= 0.6 is 0 Å². The third kappa shape index (κ3) is 2.79. The molecule has 112 valence electrons. The summed E-state index contributed by atoms with van der Waals surface area (Å²) in [7, 11) is 0. The van der Waals surface area contributed by atoms with E-state index in [0.717, 1.165) is 28.2 Å². The van der Waals surface area contributed by atoms with Crippen LogP contribution in [0.2, 0.25) is 0 Å². The van der Waals surface area contributed by atoms with Gasteiger partial charge in [0.1, 0.15) is 12.4 Å². The van der Waals surface area contributed by atoms with Crippen molar-refractivity contribution in [3.63, 3.8) is 0 Å². The van der Waals surface area contributed by atoms with Gasteiger partial charge in [-0.15, -0.1) is 0 Å². The minimum Gasteiger partial charge on any atom is -0.489 e. The molecule has 0 amide bonds. The molecule has 0 aliphatic rings. The molecular weight excluding hydrogens is 286 g/mol. The second-order valence-corrected chi connectivity index (χ2v) is 5.23. The second kappa shape index (κ2) is 5.93. The van der Waals surface area contributed by atoms with Crippen molar-refractivity contribution in [1.29, 1.82) is 0 Å². The van der Waals surface area contributed by atoms with E-state index in [0.29, 0.717) is 6.61 Å². The molecule has 0 saturated carbocycles. The normalized spacial score (nSPS) is 10.8. The summed E-state index contributed by atoms with van der Waals surface area (Å²) in [6, 6.07) is 22.0. The Morgan fingerprint density at radius 1 is 0.826 bits per heavy atom. The maximum absolute atomic E-state index is 5.82. The van der Waals surface area contributed by atoms with Crippen molar-refractivity contribution in [2.24, 2.45) is 0 Å². The first-order valence-corrected chi connectivity index (χ1v) is 7.46. The van der Waals surface area contributed by atoms with E-state index in [1.54, 1.807) is 12.4 Å². The summed E-state index contributed by atoms with van der Waals surface area (Å²) in [4.78, 5) is 4.28. The standard InChI is InChI=1S/C19H15N3O/c1-2-4-15(5-3-1)14-23-17-8-6-16(7-9-17)18-10-12-20-19-11-13-21-22(18)19/h1-13H,14H2. The molecule has 23 heavy (non-hydrogen) atoms. The van der Waals surface area contributed by atoms with Gasteiger partial charge in [0.15, 0.2) is 5.65 Å². The number of nitrogens with zero attached hydrogens (tertiary/aromatic N) is 3. The van der Waals surface area contributed by atoms with Crippen molar-refractivity contribution < 1.29 is 4.74 Å². The van der Waals surface area contributed by atoms with E-state index in [9.17, 15) is 0 Å². The Bertz CT molecular complexity index is 914. The summed E-state index contributed by atoms with van der Waals surface area (Å²) >= 11 is 0. The molecule has 0 fully saturated rings. The van der Waals surface area contributed by atoms with Gasteiger partial charge >= 0.3 is 0 Å².